The fraction of sp³-hybridized carbons (Fsp3) is 0.312. The van der Waals surface area contributed by atoms with Crippen molar-refractivity contribution < 1.29 is 4.79 Å². The second kappa shape index (κ2) is 4.70. The molecule has 1 aromatic rings. The highest BCUT2D eigenvalue weighted by atomic mass is 16.1. The Balaban J connectivity index is 2.58. The third-order valence-corrected chi connectivity index (χ3v) is 3.67. The SMILES string of the molecule is C=CCC1(CC=C)C(=O)CCc2ccccc21. The van der Waals surface area contributed by atoms with Crippen molar-refractivity contribution in [2.45, 2.75) is 31.1 Å². The number of hydrogen-bond acceptors (Lipinski definition) is 1. The molecule has 0 spiro atoms. The lowest BCUT2D eigenvalue weighted by Gasteiger charge is -2.36. The Kier molecular flexibility index (Phi) is 3.28. The molecule has 1 nitrogen and oxygen atoms in total. The average molecular weight is 226 g/mol. The van der Waals surface area contributed by atoms with Gasteiger partial charge >= 0.3 is 0 Å². The van der Waals surface area contributed by atoms with E-state index in [9.17, 15) is 4.79 Å². The van der Waals surface area contributed by atoms with E-state index in [0.29, 0.717) is 25.0 Å². The van der Waals surface area contributed by atoms with Crippen molar-refractivity contribution in [3.05, 3.63) is 60.7 Å². The molecule has 0 saturated heterocycles. The molecule has 1 aliphatic rings. The number of allylic oxidation sites excluding steroid dienone is 2. The Bertz CT molecular complexity index is 446. The minimum Gasteiger partial charge on any atom is -0.299 e. The molecule has 1 aliphatic carbocycles. The number of rotatable bonds is 4. The Morgan fingerprint density at radius 1 is 1.12 bits per heavy atom. The topological polar surface area (TPSA) is 17.1 Å². The van der Waals surface area contributed by atoms with E-state index in [2.05, 4.69) is 25.3 Å². The molecule has 1 heteroatoms. The summed E-state index contributed by atoms with van der Waals surface area (Å²) in [5, 5.41) is 0. The third-order valence-electron chi connectivity index (χ3n) is 3.67. The van der Waals surface area contributed by atoms with Gasteiger partial charge in [0, 0.05) is 6.42 Å². The van der Waals surface area contributed by atoms with Gasteiger partial charge in [-0.05, 0) is 30.4 Å². The fourth-order valence-electron chi connectivity index (χ4n) is 2.87. The smallest absolute Gasteiger partial charge is 0.144 e. The lowest BCUT2D eigenvalue weighted by atomic mass is 9.65. The summed E-state index contributed by atoms with van der Waals surface area (Å²) in [4.78, 5) is 12.4. The highest BCUT2D eigenvalue weighted by Gasteiger charge is 2.41. The van der Waals surface area contributed by atoms with Crippen molar-refractivity contribution in [2.75, 3.05) is 0 Å². The van der Waals surface area contributed by atoms with Gasteiger partial charge in [0.2, 0.25) is 0 Å². The van der Waals surface area contributed by atoms with Crippen molar-refractivity contribution in [1.29, 1.82) is 0 Å². The molecular weight excluding hydrogens is 208 g/mol. The molecule has 17 heavy (non-hydrogen) atoms. The molecule has 0 unspecified atom stereocenters. The minimum atomic E-state index is -0.404. The van der Waals surface area contributed by atoms with E-state index in [0.717, 1.165) is 6.42 Å². The molecule has 0 radical (unpaired) electrons. The van der Waals surface area contributed by atoms with Crippen LogP contribution in [0.5, 0.6) is 0 Å². The zero-order chi connectivity index (χ0) is 12.3. The average Bonchev–Trinajstić information content (AvgIpc) is 2.35. The lowest BCUT2D eigenvalue weighted by Crippen LogP contribution is -2.39. The maximum Gasteiger partial charge on any atom is 0.144 e. The molecule has 0 amide bonds. The van der Waals surface area contributed by atoms with Gasteiger partial charge in [0.05, 0.1) is 5.41 Å². The maximum atomic E-state index is 12.4. The number of ketones is 1. The number of hydrogen-bond donors (Lipinski definition) is 0. The summed E-state index contributed by atoms with van der Waals surface area (Å²) in [5.41, 5.74) is 2.07. The van der Waals surface area contributed by atoms with E-state index >= 15 is 0 Å². The number of Topliss-reactive ketones (excluding diaryl/α,β-unsaturated/α-hetero) is 1. The lowest BCUT2D eigenvalue weighted by molar-refractivity contribution is -0.125. The van der Waals surface area contributed by atoms with Crippen molar-refractivity contribution in [3.8, 4) is 0 Å². The van der Waals surface area contributed by atoms with Crippen LogP contribution >= 0.6 is 0 Å². The van der Waals surface area contributed by atoms with Gasteiger partial charge < -0.3 is 0 Å². The van der Waals surface area contributed by atoms with Crippen LogP contribution in [-0.4, -0.2) is 5.78 Å². The van der Waals surface area contributed by atoms with E-state index in [1.807, 2.05) is 24.3 Å². The van der Waals surface area contributed by atoms with Gasteiger partial charge in [0.15, 0.2) is 0 Å². The van der Waals surface area contributed by atoms with Gasteiger partial charge in [-0.15, -0.1) is 13.2 Å². The molecule has 0 N–H and O–H groups in total. The Morgan fingerprint density at radius 2 is 1.76 bits per heavy atom. The van der Waals surface area contributed by atoms with Gasteiger partial charge in [-0.3, -0.25) is 4.79 Å². The van der Waals surface area contributed by atoms with Gasteiger partial charge in [-0.2, -0.15) is 0 Å². The van der Waals surface area contributed by atoms with Crippen LogP contribution in [0.3, 0.4) is 0 Å². The molecule has 0 aliphatic heterocycles. The largest absolute Gasteiger partial charge is 0.299 e. The standard InChI is InChI=1S/C16H18O/c1-3-11-16(12-4-2)14-8-6-5-7-13(14)9-10-15(16)17/h3-8H,1-2,9-12H2. The summed E-state index contributed by atoms with van der Waals surface area (Å²) in [6, 6.07) is 8.27. The Hall–Kier alpha value is -1.63. The van der Waals surface area contributed by atoms with Crippen LogP contribution in [0.25, 0.3) is 0 Å². The first kappa shape index (κ1) is 11.8. The van der Waals surface area contributed by atoms with Gasteiger partial charge in [-0.25, -0.2) is 0 Å². The Labute approximate surface area is 103 Å². The molecule has 1 aromatic carbocycles. The number of fused-ring (bicyclic) bond motifs is 1. The molecule has 2 rings (SSSR count). The van der Waals surface area contributed by atoms with E-state index in [1.54, 1.807) is 0 Å². The maximum absolute atomic E-state index is 12.4. The quantitative estimate of drug-likeness (QED) is 0.717. The monoisotopic (exact) mass is 226 g/mol. The van der Waals surface area contributed by atoms with Crippen molar-refractivity contribution >= 4 is 5.78 Å². The van der Waals surface area contributed by atoms with Crippen LogP contribution in [0.2, 0.25) is 0 Å². The van der Waals surface area contributed by atoms with Crippen LogP contribution in [0.4, 0.5) is 0 Å². The fourth-order valence-corrected chi connectivity index (χ4v) is 2.87. The molecule has 0 saturated carbocycles. The summed E-state index contributed by atoms with van der Waals surface area (Å²) in [6.07, 6.45) is 6.61. The van der Waals surface area contributed by atoms with Crippen LogP contribution in [0.1, 0.15) is 30.4 Å². The first-order chi connectivity index (χ1) is 8.24. The molecule has 0 atom stereocenters. The van der Waals surface area contributed by atoms with Gasteiger partial charge in [-0.1, -0.05) is 36.4 Å². The van der Waals surface area contributed by atoms with E-state index in [1.165, 1.54) is 11.1 Å². The van der Waals surface area contributed by atoms with Gasteiger partial charge in [0.1, 0.15) is 5.78 Å². The highest BCUT2D eigenvalue weighted by molar-refractivity contribution is 5.92. The van der Waals surface area contributed by atoms with Crippen LogP contribution < -0.4 is 0 Å². The first-order valence-corrected chi connectivity index (χ1v) is 6.08. The number of carbonyl (C=O) groups excluding carboxylic acids is 1. The number of benzene rings is 1. The van der Waals surface area contributed by atoms with Crippen LogP contribution in [-0.2, 0) is 16.6 Å². The second-order valence-electron chi connectivity index (χ2n) is 4.65. The van der Waals surface area contributed by atoms with Crippen LogP contribution in [0, 0.1) is 0 Å². The Morgan fingerprint density at radius 3 is 2.41 bits per heavy atom. The summed E-state index contributed by atoms with van der Waals surface area (Å²) >= 11 is 0. The molecule has 0 fully saturated rings. The van der Waals surface area contributed by atoms with E-state index in [-0.39, 0.29) is 0 Å². The summed E-state index contributed by atoms with van der Waals surface area (Å²) < 4.78 is 0. The van der Waals surface area contributed by atoms with E-state index < -0.39 is 5.41 Å². The van der Waals surface area contributed by atoms with E-state index in [4.69, 9.17) is 0 Å². The number of aryl methyl sites for hydroxylation is 1. The predicted molar refractivity (Wildman–Crippen MR) is 71.1 cm³/mol. The minimum absolute atomic E-state index is 0.330. The molecule has 0 heterocycles. The van der Waals surface area contributed by atoms with Crippen molar-refractivity contribution in [1.82, 2.24) is 0 Å². The highest BCUT2D eigenvalue weighted by Crippen LogP contribution is 2.40. The van der Waals surface area contributed by atoms with Gasteiger partial charge in [0.25, 0.3) is 0 Å². The van der Waals surface area contributed by atoms with Crippen molar-refractivity contribution in [2.24, 2.45) is 0 Å². The molecular formula is C16H18O. The first-order valence-electron chi connectivity index (χ1n) is 6.08. The van der Waals surface area contributed by atoms with Crippen molar-refractivity contribution in [3.63, 3.8) is 0 Å². The number of carbonyl (C=O) groups is 1. The third kappa shape index (κ3) is 1.86. The molecule has 0 aromatic heterocycles. The second-order valence-corrected chi connectivity index (χ2v) is 4.65. The summed E-state index contributed by atoms with van der Waals surface area (Å²) in [7, 11) is 0. The molecule has 0 bridgehead atoms. The summed E-state index contributed by atoms with van der Waals surface area (Å²) in [5.74, 6) is 0.330. The van der Waals surface area contributed by atoms with Crippen LogP contribution in [0.15, 0.2) is 49.6 Å². The zero-order valence-electron chi connectivity index (χ0n) is 10.1. The predicted octanol–water partition coefficient (Wildman–Crippen LogP) is 3.59. The normalized spacial score (nSPS) is 17.3. The summed E-state index contributed by atoms with van der Waals surface area (Å²) in [6.45, 7) is 7.61. The molecule has 88 valence electrons. The zero-order valence-corrected chi connectivity index (χ0v) is 10.1.